The molecule has 2 amide bonds. The van der Waals surface area contributed by atoms with Crippen molar-refractivity contribution in [2.45, 2.75) is 71.5 Å². The fraction of sp³-hybridized carbons (Fsp3) is 0.462. The van der Waals surface area contributed by atoms with E-state index in [1.807, 2.05) is 51.1 Å². The molecule has 32 heavy (non-hydrogen) atoms. The zero-order valence-corrected chi connectivity index (χ0v) is 20.0. The van der Waals surface area contributed by atoms with Gasteiger partial charge >= 0.3 is 0 Å². The van der Waals surface area contributed by atoms with Gasteiger partial charge in [-0.15, -0.1) is 0 Å². The number of ether oxygens (including phenoxy) is 1. The summed E-state index contributed by atoms with van der Waals surface area (Å²) in [6.07, 6.45) is 4.83. The van der Waals surface area contributed by atoms with Gasteiger partial charge in [-0.1, -0.05) is 55.6 Å². The van der Waals surface area contributed by atoms with Crippen LogP contribution in [0.25, 0.3) is 0 Å². The van der Waals surface area contributed by atoms with Crippen LogP contribution in [0.4, 0.5) is 0 Å². The molecule has 2 aromatic rings. The first-order valence-corrected chi connectivity index (χ1v) is 11.8. The molecule has 0 saturated heterocycles. The Labute approximate surface area is 196 Å². The van der Waals surface area contributed by atoms with Crippen molar-refractivity contribution < 1.29 is 14.3 Å². The van der Waals surface area contributed by atoms with Crippen LogP contribution < -0.4 is 10.1 Å². The fourth-order valence-corrected chi connectivity index (χ4v) is 4.31. The molecule has 0 aromatic heterocycles. The highest BCUT2D eigenvalue weighted by atomic mass is 35.5. The van der Waals surface area contributed by atoms with E-state index in [0.29, 0.717) is 23.7 Å². The van der Waals surface area contributed by atoms with Crippen LogP contribution in [0.1, 0.15) is 55.7 Å². The van der Waals surface area contributed by atoms with E-state index < -0.39 is 6.04 Å². The van der Waals surface area contributed by atoms with E-state index in [1.165, 1.54) is 0 Å². The summed E-state index contributed by atoms with van der Waals surface area (Å²) in [4.78, 5) is 28.1. The lowest BCUT2D eigenvalue weighted by molar-refractivity contribution is -0.143. The van der Waals surface area contributed by atoms with Crippen LogP contribution >= 0.6 is 11.6 Å². The molecule has 172 valence electrons. The topological polar surface area (TPSA) is 58.6 Å². The molecule has 1 saturated carbocycles. The van der Waals surface area contributed by atoms with Gasteiger partial charge in [0, 0.05) is 17.6 Å². The molecule has 0 heterocycles. The minimum atomic E-state index is -0.543. The Bertz CT molecular complexity index is 940. The van der Waals surface area contributed by atoms with Crippen molar-refractivity contribution in [3.05, 3.63) is 64.2 Å². The number of benzene rings is 2. The van der Waals surface area contributed by atoms with Crippen LogP contribution in [0.5, 0.6) is 5.75 Å². The molecule has 1 aliphatic rings. The molecule has 3 rings (SSSR count). The van der Waals surface area contributed by atoms with Crippen molar-refractivity contribution in [3.8, 4) is 5.75 Å². The molecule has 1 unspecified atom stereocenters. The number of nitrogens with zero attached hydrogens (tertiary/aromatic N) is 1. The second kappa shape index (κ2) is 11.4. The first kappa shape index (κ1) is 24.1. The van der Waals surface area contributed by atoms with Gasteiger partial charge < -0.3 is 15.0 Å². The Balaban J connectivity index is 1.77. The van der Waals surface area contributed by atoms with E-state index in [4.69, 9.17) is 16.3 Å². The van der Waals surface area contributed by atoms with Gasteiger partial charge in [-0.3, -0.25) is 9.59 Å². The number of aryl methyl sites for hydroxylation is 2. The van der Waals surface area contributed by atoms with Gasteiger partial charge in [-0.25, -0.2) is 0 Å². The summed E-state index contributed by atoms with van der Waals surface area (Å²) in [7, 11) is 0. The van der Waals surface area contributed by atoms with E-state index in [-0.39, 0.29) is 24.5 Å². The first-order valence-electron chi connectivity index (χ1n) is 11.4. The molecule has 1 atom stereocenters. The average Bonchev–Trinajstić information content (AvgIpc) is 3.28. The number of rotatable bonds is 9. The number of carbonyl (C=O) groups is 2. The smallest absolute Gasteiger partial charge is 0.261 e. The lowest BCUT2D eigenvalue weighted by Gasteiger charge is -2.32. The Morgan fingerprint density at radius 1 is 1.12 bits per heavy atom. The standard InChI is InChI=1S/C26H33ClN2O3/c1-4-24(26(31)28-21-11-7-8-12-21)29(16-20-10-6-5-9-18(20)2)25(30)17-32-22-13-14-23(27)19(3)15-22/h5-6,9-10,13-15,21,24H,4,7-8,11-12,16-17H2,1-3H3,(H,28,31). The Morgan fingerprint density at radius 2 is 1.84 bits per heavy atom. The maximum Gasteiger partial charge on any atom is 0.261 e. The number of carbonyl (C=O) groups excluding carboxylic acids is 2. The van der Waals surface area contributed by atoms with E-state index in [0.717, 1.165) is 42.4 Å². The highest BCUT2D eigenvalue weighted by Crippen LogP contribution is 2.22. The predicted octanol–water partition coefficient (Wildman–Crippen LogP) is 5.20. The van der Waals surface area contributed by atoms with Gasteiger partial charge in [0.1, 0.15) is 11.8 Å². The minimum absolute atomic E-state index is 0.0799. The number of halogens is 1. The molecule has 0 radical (unpaired) electrons. The van der Waals surface area contributed by atoms with Crippen molar-refractivity contribution in [1.29, 1.82) is 0 Å². The van der Waals surface area contributed by atoms with Gasteiger partial charge in [-0.2, -0.15) is 0 Å². The number of nitrogens with one attached hydrogen (secondary N) is 1. The summed E-state index contributed by atoms with van der Waals surface area (Å²) in [6, 6.07) is 12.9. The lowest BCUT2D eigenvalue weighted by atomic mass is 10.1. The van der Waals surface area contributed by atoms with Crippen LogP contribution in [-0.2, 0) is 16.1 Å². The molecule has 1 aliphatic carbocycles. The maximum absolute atomic E-state index is 13.3. The minimum Gasteiger partial charge on any atom is -0.484 e. The summed E-state index contributed by atoms with van der Waals surface area (Å²) >= 11 is 6.09. The maximum atomic E-state index is 13.3. The Hall–Kier alpha value is -2.53. The largest absolute Gasteiger partial charge is 0.484 e. The van der Waals surface area contributed by atoms with Crippen LogP contribution in [-0.4, -0.2) is 35.4 Å². The Morgan fingerprint density at radius 3 is 2.50 bits per heavy atom. The molecular weight excluding hydrogens is 424 g/mol. The summed E-state index contributed by atoms with van der Waals surface area (Å²) in [5.41, 5.74) is 3.00. The average molecular weight is 457 g/mol. The summed E-state index contributed by atoms with van der Waals surface area (Å²) < 4.78 is 5.78. The molecule has 1 fully saturated rings. The van der Waals surface area contributed by atoms with Gasteiger partial charge in [-0.05, 0) is 68.0 Å². The lowest BCUT2D eigenvalue weighted by Crippen LogP contribution is -2.52. The highest BCUT2D eigenvalue weighted by Gasteiger charge is 2.31. The van der Waals surface area contributed by atoms with E-state index in [9.17, 15) is 9.59 Å². The van der Waals surface area contributed by atoms with Crippen LogP contribution in [0.2, 0.25) is 5.02 Å². The van der Waals surface area contributed by atoms with Gasteiger partial charge in [0.05, 0.1) is 0 Å². The van der Waals surface area contributed by atoms with E-state index in [1.54, 1.807) is 17.0 Å². The van der Waals surface area contributed by atoms with Crippen molar-refractivity contribution in [1.82, 2.24) is 10.2 Å². The summed E-state index contributed by atoms with van der Waals surface area (Å²) in [5, 5.41) is 3.82. The molecule has 0 spiro atoms. The third-order valence-corrected chi connectivity index (χ3v) is 6.61. The molecule has 6 heteroatoms. The first-order chi connectivity index (χ1) is 15.4. The predicted molar refractivity (Wildman–Crippen MR) is 128 cm³/mol. The zero-order chi connectivity index (χ0) is 23.1. The number of hydrogen-bond donors (Lipinski definition) is 1. The highest BCUT2D eigenvalue weighted by molar-refractivity contribution is 6.31. The van der Waals surface area contributed by atoms with E-state index >= 15 is 0 Å². The normalized spacial score (nSPS) is 14.8. The molecule has 2 aromatic carbocycles. The fourth-order valence-electron chi connectivity index (χ4n) is 4.19. The van der Waals surface area contributed by atoms with Crippen LogP contribution in [0, 0.1) is 13.8 Å². The Kier molecular flexibility index (Phi) is 8.57. The third kappa shape index (κ3) is 6.26. The SMILES string of the molecule is CCC(C(=O)NC1CCCC1)N(Cc1ccccc1C)C(=O)COc1ccc(Cl)c(C)c1. The molecule has 0 bridgehead atoms. The molecule has 5 nitrogen and oxygen atoms in total. The van der Waals surface area contributed by atoms with Crippen LogP contribution in [0.3, 0.4) is 0 Å². The van der Waals surface area contributed by atoms with Crippen molar-refractivity contribution >= 4 is 23.4 Å². The van der Waals surface area contributed by atoms with Crippen molar-refractivity contribution in [3.63, 3.8) is 0 Å². The summed E-state index contributed by atoms with van der Waals surface area (Å²) in [6.45, 7) is 6.08. The third-order valence-electron chi connectivity index (χ3n) is 6.18. The van der Waals surface area contributed by atoms with Gasteiger partial charge in [0.25, 0.3) is 5.91 Å². The monoisotopic (exact) mass is 456 g/mol. The van der Waals surface area contributed by atoms with Crippen molar-refractivity contribution in [2.75, 3.05) is 6.61 Å². The molecule has 0 aliphatic heterocycles. The summed E-state index contributed by atoms with van der Waals surface area (Å²) in [5.74, 6) is 0.289. The second-order valence-electron chi connectivity index (χ2n) is 8.56. The van der Waals surface area contributed by atoms with E-state index in [2.05, 4.69) is 5.32 Å². The van der Waals surface area contributed by atoms with Crippen LogP contribution in [0.15, 0.2) is 42.5 Å². The number of hydrogen-bond acceptors (Lipinski definition) is 3. The molecular formula is C26H33ClN2O3. The zero-order valence-electron chi connectivity index (χ0n) is 19.2. The molecule has 1 N–H and O–H groups in total. The number of amides is 2. The van der Waals surface area contributed by atoms with Gasteiger partial charge in [0.2, 0.25) is 5.91 Å². The quantitative estimate of drug-likeness (QED) is 0.564. The van der Waals surface area contributed by atoms with Gasteiger partial charge in [0.15, 0.2) is 6.61 Å². The van der Waals surface area contributed by atoms with Crippen molar-refractivity contribution in [2.24, 2.45) is 0 Å². The second-order valence-corrected chi connectivity index (χ2v) is 8.97.